The lowest BCUT2D eigenvalue weighted by atomic mass is 10.3. The SMILES string of the molecule is Nc1cc([N+](=O)[O-])ccc1Cl.S. The van der Waals surface area contributed by atoms with E-state index in [0.717, 1.165) is 0 Å². The monoisotopic (exact) mass is 206 g/mol. The molecular formula is C6H7ClN2O2S. The van der Waals surface area contributed by atoms with Gasteiger partial charge in [-0.05, 0) is 6.07 Å². The molecular weight excluding hydrogens is 200 g/mol. The Labute approximate surface area is 80.9 Å². The van der Waals surface area contributed by atoms with Gasteiger partial charge in [0.2, 0.25) is 0 Å². The summed E-state index contributed by atoms with van der Waals surface area (Å²) in [6.45, 7) is 0. The molecule has 0 spiro atoms. The minimum absolute atomic E-state index is 0. The number of anilines is 1. The molecule has 0 amide bonds. The standard InChI is InChI=1S/C6H5ClN2O2.H2S/c7-5-2-1-4(9(10)11)3-6(5)8;/h1-3H,8H2;1H2. The topological polar surface area (TPSA) is 69.2 Å². The second-order valence-corrected chi connectivity index (χ2v) is 2.37. The number of halogens is 1. The van der Waals surface area contributed by atoms with E-state index in [1.54, 1.807) is 0 Å². The summed E-state index contributed by atoms with van der Waals surface area (Å²) in [4.78, 5) is 9.65. The Morgan fingerprint density at radius 1 is 1.50 bits per heavy atom. The number of nitrogens with two attached hydrogens (primary N) is 1. The summed E-state index contributed by atoms with van der Waals surface area (Å²) < 4.78 is 0. The first-order valence-corrected chi connectivity index (χ1v) is 3.18. The summed E-state index contributed by atoms with van der Waals surface area (Å²) in [6.07, 6.45) is 0. The predicted octanol–water partition coefficient (Wildman–Crippen LogP) is 1.94. The fraction of sp³-hybridized carbons (Fsp3) is 0. The maximum atomic E-state index is 10.2. The van der Waals surface area contributed by atoms with Crippen LogP contribution in [0.2, 0.25) is 5.02 Å². The van der Waals surface area contributed by atoms with Crippen LogP contribution in [0.4, 0.5) is 11.4 Å². The molecule has 0 saturated carbocycles. The summed E-state index contributed by atoms with van der Waals surface area (Å²) in [5, 5.41) is 10.5. The van der Waals surface area contributed by atoms with Gasteiger partial charge in [-0.3, -0.25) is 10.1 Å². The number of nitrogen functional groups attached to an aromatic ring is 1. The number of hydrogen-bond donors (Lipinski definition) is 1. The molecule has 0 unspecified atom stereocenters. The van der Waals surface area contributed by atoms with E-state index < -0.39 is 4.92 Å². The Morgan fingerprint density at radius 2 is 2.08 bits per heavy atom. The largest absolute Gasteiger partial charge is 0.397 e. The molecule has 1 aromatic rings. The molecule has 0 saturated heterocycles. The number of nitro benzene ring substituents is 1. The number of hydrogen-bond acceptors (Lipinski definition) is 3. The molecule has 1 aromatic carbocycles. The summed E-state index contributed by atoms with van der Waals surface area (Å²) in [7, 11) is 0. The zero-order valence-electron chi connectivity index (χ0n) is 5.95. The molecule has 0 aliphatic rings. The van der Waals surface area contributed by atoms with Crippen LogP contribution in [-0.2, 0) is 0 Å². The Hall–Kier alpha value is -0.940. The third kappa shape index (κ3) is 2.28. The third-order valence-corrected chi connectivity index (χ3v) is 1.53. The number of nitro groups is 1. The lowest BCUT2D eigenvalue weighted by Gasteiger charge is -1.95. The van der Waals surface area contributed by atoms with E-state index in [4.69, 9.17) is 17.3 Å². The lowest BCUT2D eigenvalue weighted by molar-refractivity contribution is -0.384. The van der Waals surface area contributed by atoms with E-state index in [9.17, 15) is 10.1 Å². The van der Waals surface area contributed by atoms with Gasteiger partial charge >= 0.3 is 0 Å². The molecule has 0 aliphatic heterocycles. The normalized spacial score (nSPS) is 8.75. The van der Waals surface area contributed by atoms with Crippen LogP contribution in [0.5, 0.6) is 0 Å². The van der Waals surface area contributed by atoms with Gasteiger partial charge in [0.15, 0.2) is 0 Å². The van der Waals surface area contributed by atoms with E-state index in [-0.39, 0.29) is 24.9 Å². The van der Waals surface area contributed by atoms with Crippen molar-refractivity contribution >= 4 is 36.5 Å². The lowest BCUT2D eigenvalue weighted by Crippen LogP contribution is -1.91. The highest BCUT2D eigenvalue weighted by Gasteiger charge is 2.06. The second kappa shape index (κ2) is 4.18. The van der Waals surface area contributed by atoms with Crippen molar-refractivity contribution in [2.75, 3.05) is 5.73 Å². The molecule has 4 nitrogen and oxygen atoms in total. The first-order valence-electron chi connectivity index (χ1n) is 2.80. The van der Waals surface area contributed by atoms with Gasteiger partial charge in [0.25, 0.3) is 5.69 Å². The molecule has 0 fully saturated rings. The zero-order valence-corrected chi connectivity index (χ0v) is 7.71. The van der Waals surface area contributed by atoms with Gasteiger partial charge in [-0.1, -0.05) is 11.6 Å². The van der Waals surface area contributed by atoms with Crippen molar-refractivity contribution in [2.45, 2.75) is 0 Å². The molecule has 1 rings (SSSR count). The van der Waals surface area contributed by atoms with Crippen LogP contribution in [0.15, 0.2) is 18.2 Å². The average Bonchev–Trinajstić information content (AvgIpc) is 1.94. The van der Waals surface area contributed by atoms with Gasteiger partial charge < -0.3 is 5.73 Å². The maximum Gasteiger partial charge on any atom is 0.271 e. The first-order chi connectivity index (χ1) is 5.11. The van der Waals surface area contributed by atoms with Gasteiger partial charge in [-0.15, -0.1) is 0 Å². The Balaban J connectivity index is 0.00000121. The number of nitrogens with zero attached hydrogens (tertiary/aromatic N) is 1. The van der Waals surface area contributed by atoms with Crippen LogP contribution in [0, 0.1) is 10.1 Å². The minimum atomic E-state index is -0.521. The quantitative estimate of drug-likeness (QED) is 0.434. The molecule has 0 heterocycles. The van der Waals surface area contributed by atoms with Gasteiger partial charge in [0.1, 0.15) is 0 Å². The average molecular weight is 207 g/mol. The Kier molecular flexibility index (Phi) is 3.85. The molecule has 0 atom stereocenters. The predicted molar refractivity (Wildman–Crippen MR) is 52.9 cm³/mol. The zero-order chi connectivity index (χ0) is 8.43. The number of non-ortho nitro benzene ring substituents is 1. The number of benzene rings is 1. The summed E-state index contributed by atoms with van der Waals surface area (Å²) in [5.74, 6) is 0. The molecule has 0 aromatic heterocycles. The van der Waals surface area contributed by atoms with Crippen LogP contribution in [0.1, 0.15) is 0 Å². The molecule has 12 heavy (non-hydrogen) atoms. The highest BCUT2D eigenvalue weighted by atomic mass is 35.5. The van der Waals surface area contributed by atoms with E-state index >= 15 is 0 Å². The third-order valence-electron chi connectivity index (χ3n) is 1.19. The summed E-state index contributed by atoms with van der Waals surface area (Å²) >= 11 is 5.54. The van der Waals surface area contributed by atoms with Gasteiger partial charge in [0.05, 0.1) is 15.6 Å². The van der Waals surface area contributed by atoms with Crippen molar-refractivity contribution in [1.29, 1.82) is 0 Å². The van der Waals surface area contributed by atoms with Crippen LogP contribution >= 0.6 is 25.1 Å². The summed E-state index contributed by atoms with van der Waals surface area (Å²) in [6, 6.07) is 3.93. The van der Waals surface area contributed by atoms with E-state index in [2.05, 4.69) is 0 Å². The van der Waals surface area contributed by atoms with Crippen LogP contribution in [0.3, 0.4) is 0 Å². The number of rotatable bonds is 1. The fourth-order valence-electron chi connectivity index (χ4n) is 0.645. The van der Waals surface area contributed by atoms with Crippen LogP contribution in [-0.4, -0.2) is 4.92 Å². The Bertz CT molecular complexity index is 306. The van der Waals surface area contributed by atoms with Crippen molar-refractivity contribution in [3.63, 3.8) is 0 Å². The van der Waals surface area contributed by atoms with Crippen molar-refractivity contribution in [3.8, 4) is 0 Å². The highest BCUT2D eigenvalue weighted by molar-refractivity contribution is 7.59. The van der Waals surface area contributed by atoms with E-state index in [0.29, 0.717) is 5.02 Å². The molecule has 0 aliphatic carbocycles. The van der Waals surface area contributed by atoms with Gasteiger partial charge in [-0.2, -0.15) is 13.5 Å². The smallest absolute Gasteiger partial charge is 0.271 e. The first kappa shape index (κ1) is 11.1. The summed E-state index contributed by atoms with van der Waals surface area (Å²) in [5.41, 5.74) is 5.50. The van der Waals surface area contributed by atoms with Crippen molar-refractivity contribution < 1.29 is 4.92 Å². The minimum Gasteiger partial charge on any atom is -0.397 e. The van der Waals surface area contributed by atoms with Crippen molar-refractivity contribution in [3.05, 3.63) is 33.3 Å². The molecule has 6 heteroatoms. The maximum absolute atomic E-state index is 10.2. The molecule has 2 N–H and O–H groups in total. The van der Waals surface area contributed by atoms with E-state index in [1.165, 1.54) is 18.2 Å². The van der Waals surface area contributed by atoms with Gasteiger partial charge in [-0.25, -0.2) is 0 Å². The van der Waals surface area contributed by atoms with Crippen molar-refractivity contribution in [2.24, 2.45) is 0 Å². The van der Waals surface area contributed by atoms with Crippen molar-refractivity contribution in [1.82, 2.24) is 0 Å². The van der Waals surface area contributed by atoms with Crippen LogP contribution in [0.25, 0.3) is 0 Å². The molecule has 0 radical (unpaired) electrons. The highest BCUT2D eigenvalue weighted by Crippen LogP contribution is 2.23. The second-order valence-electron chi connectivity index (χ2n) is 1.96. The molecule has 0 bridgehead atoms. The van der Waals surface area contributed by atoms with E-state index in [1.807, 2.05) is 0 Å². The Morgan fingerprint density at radius 3 is 2.50 bits per heavy atom. The van der Waals surface area contributed by atoms with Gasteiger partial charge in [0, 0.05) is 12.1 Å². The fourth-order valence-corrected chi connectivity index (χ4v) is 0.762. The van der Waals surface area contributed by atoms with Crippen LogP contribution < -0.4 is 5.73 Å². The molecule has 66 valence electrons.